The highest BCUT2D eigenvalue weighted by Gasteiger charge is 2.37. The lowest BCUT2D eigenvalue weighted by atomic mass is 9.89. The maximum Gasteiger partial charge on any atom is 0.0146 e. The van der Waals surface area contributed by atoms with E-state index < -0.39 is 0 Å². The summed E-state index contributed by atoms with van der Waals surface area (Å²) in [5, 5.41) is 0. The van der Waals surface area contributed by atoms with Crippen LogP contribution in [0.4, 0.5) is 0 Å². The first kappa shape index (κ1) is 7.60. The zero-order chi connectivity index (χ0) is 7.84. The van der Waals surface area contributed by atoms with Gasteiger partial charge < -0.3 is 4.90 Å². The van der Waals surface area contributed by atoms with Crippen LogP contribution in [-0.4, -0.2) is 24.5 Å². The van der Waals surface area contributed by atoms with E-state index in [2.05, 4.69) is 18.9 Å². The molecule has 11 heavy (non-hydrogen) atoms. The fourth-order valence-corrected chi connectivity index (χ4v) is 3.14. The largest absolute Gasteiger partial charge is 0.303 e. The third-order valence-corrected chi connectivity index (χ3v) is 3.65. The van der Waals surface area contributed by atoms with E-state index >= 15 is 0 Å². The molecule has 0 N–H and O–H groups in total. The minimum atomic E-state index is 0.934. The SMILES string of the molecule is CC1CCC2CCCN(C)C12. The normalized spacial score (nSPS) is 45.8. The van der Waals surface area contributed by atoms with Crippen LogP contribution in [0.15, 0.2) is 0 Å². The molecule has 0 bridgehead atoms. The molecule has 1 saturated heterocycles. The fourth-order valence-electron chi connectivity index (χ4n) is 3.14. The monoisotopic (exact) mass is 153 g/mol. The number of rotatable bonds is 0. The molecular weight excluding hydrogens is 134 g/mol. The summed E-state index contributed by atoms with van der Waals surface area (Å²) < 4.78 is 0. The van der Waals surface area contributed by atoms with Crippen molar-refractivity contribution < 1.29 is 0 Å². The molecule has 1 heteroatoms. The number of nitrogens with zero attached hydrogens (tertiary/aromatic N) is 1. The van der Waals surface area contributed by atoms with E-state index in [-0.39, 0.29) is 0 Å². The molecule has 0 aromatic rings. The van der Waals surface area contributed by atoms with Gasteiger partial charge in [-0.05, 0) is 51.1 Å². The molecule has 1 aliphatic carbocycles. The number of fused-ring (bicyclic) bond motifs is 1. The molecule has 2 rings (SSSR count). The van der Waals surface area contributed by atoms with Crippen molar-refractivity contribution in [2.75, 3.05) is 13.6 Å². The van der Waals surface area contributed by atoms with Gasteiger partial charge in [-0.25, -0.2) is 0 Å². The molecule has 0 radical (unpaired) electrons. The number of hydrogen-bond acceptors (Lipinski definition) is 1. The molecule has 1 saturated carbocycles. The molecule has 1 aliphatic heterocycles. The number of likely N-dealkylation sites (tertiary alicyclic amines) is 1. The van der Waals surface area contributed by atoms with Crippen LogP contribution < -0.4 is 0 Å². The summed E-state index contributed by atoms with van der Waals surface area (Å²) in [5.74, 6) is 2.01. The van der Waals surface area contributed by atoms with Gasteiger partial charge in [-0.15, -0.1) is 0 Å². The Labute approximate surface area is 69.8 Å². The van der Waals surface area contributed by atoms with Crippen LogP contribution in [0.2, 0.25) is 0 Å². The van der Waals surface area contributed by atoms with Crippen molar-refractivity contribution in [3.8, 4) is 0 Å². The Balaban J connectivity index is 2.08. The Hall–Kier alpha value is -0.0400. The van der Waals surface area contributed by atoms with E-state index in [1.165, 1.54) is 32.2 Å². The fraction of sp³-hybridized carbons (Fsp3) is 1.00. The second-order valence-corrected chi connectivity index (χ2v) is 4.43. The zero-order valence-electron chi connectivity index (χ0n) is 7.71. The van der Waals surface area contributed by atoms with Gasteiger partial charge in [0.05, 0.1) is 0 Å². The molecule has 2 aliphatic rings. The zero-order valence-corrected chi connectivity index (χ0v) is 7.71. The third-order valence-electron chi connectivity index (χ3n) is 3.65. The first-order chi connectivity index (χ1) is 5.29. The van der Waals surface area contributed by atoms with Crippen molar-refractivity contribution >= 4 is 0 Å². The van der Waals surface area contributed by atoms with Crippen molar-refractivity contribution in [2.24, 2.45) is 11.8 Å². The first-order valence-electron chi connectivity index (χ1n) is 4.99. The molecule has 3 unspecified atom stereocenters. The lowest BCUT2D eigenvalue weighted by molar-refractivity contribution is 0.118. The average Bonchev–Trinajstić information content (AvgIpc) is 2.34. The van der Waals surface area contributed by atoms with Gasteiger partial charge in [-0.1, -0.05) is 6.92 Å². The van der Waals surface area contributed by atoms with E-state index in [0.717, 1.165) is 17.9 Å². The highest BCUT2D eigenvalue weighted by molar-refractivity contribution is 4.91. The summed E-state index contributed by atoms with van der Waals surface area (Å²) in [6, 6.07) is 0.934. The molecule has 1 nitrogen and oxygen atoms in total. The standard InChI is InChI=1S/C10H19N/c1-8-5-6-9-4-3-7-11(2)10(8)9/h8-10H,3-7H2,1-2H3. The molecule has 3 atom stereocenters. The molecule has 1 heterocycles. The predicted molar refractivity (Wildman–Crippen MR) is 47.5 cm³/mol. The average molecular weight is 153 g/mol. The van der Waals surface area contributed by atoms with Crippen LogP contribution >= 0.6 is 0 Å². The lowest BCUT2D eigenvalue weighted by Crippen LogP contribution is -2.42. The topological polar surface area (TPSA) is 3.24 Å². The Morgan fingerprint density at radius 3 is 2.73 bits per heavy atom. The minimum Gasteiger partial charge on any atom is -0.303 e. The van der Waals surface area contributed by atoms with Crippen LogP contribution in [0, 0.1) is 11.8 Å². The summed E-state index contributed by atoms with van der Waals surface area (Å²) in [6.45, 7) is 3.76. The Kier molecular flexibility index (Phi) is 1.92. The van der Waals surface area contributed by atoms with Gasteiger partial charge in [-0.3, -0.25) is 0 Å². The van der Waals surface area contributed by atoms with Crippen LogP contribution in [0.25, 0.3) is 0 Å². The molecule has 0 aromatic heterocycles. The van der Waals surface area contributed by atoms with Gasteiger partial charge in [-0.2, -0.15) is 0 Å². The van der Waals surface area contributed by atoms with E-state index in [1.54, 1.807) is 0 Å². The van der Waals surface area contributed by atoms with Crippen molar-refractivity contribution in [3.05, 3.63) is 0 Å². The highest BCUT2D eigenvalue weighted by Crippen LogP contribution is 2.39. The van der Waals surface area contributed by atoms with Gasteiger partial charge in [0.15, 0.2) is 0 Å². The van der Waals surface area contributed by atoms with Gasteiger partial charge in [0.1, 0.15) is 0 Å². The summed E-state index contributed by atoms with van der Waals surface area (Å²) >= 11 is 0. The second kappa shape index (κ2) is 2.78. The van der Waals surface area contributed by atoms with Crippen LogP contribution in [0.1, 0.15) is 32.6 Å². The van der Waals surface area contributed by atoms with Crippen LogP contribution in [-0.2, 0) is 0 Å². The Bertz CT molecular complexity index is 142. The summed E-state index contributed by atoms with van der Waals surface area (Å²) in [6.07, 6.45) is 5.90. The van der Waals surface area contributed by atoms with Gasteiger partial charge in [0.2, 0.25) is 0 Å². The Morgan fingerprint density at radius 1 is 1.18 bits per heavy atom. The molecular formula is C10H19N. The summed E-state index contributed by atoms with van der Waals surface area (Å²) in [7, 11) is 2.30. The minimum absolute atomic E-state index is 0.934. The lowest BCUT2D eigenvalue weighted by Gasteiger charge is -2.37. The van der Waals surface area contributed by atoms with Crippen LogP contribution in [0.3, 0.4) is 0 Å². The second-order valence-electron chi connectivity index (χ2n) is 4.43. The van der Waals surface area contributed by atoms with Gasteiger partial charge in [0, 0.05) is 6.04 Å². The number of hydrogen-bond donors (Lipinski definition) is 0. The predicted octanol–water partition coefficient (Wildman–Crippen LogP) is 2.13. The van der Waals surface area contributed by atoms with E-state index in [1.807, 2.05) is 0 Å². The van der Waals surface area contributed by atoms with Crippen molar-refractivity contribution in [1.82, 2.24) is 4.90 Å². The molecule has 0 aromatic carbocycles. The quantitative estimate of drug-likeness (QED) is 0.515. The summed E-state index contributed by atoms with van der Waals surface area (Å²) in [5.41, 5.74) is 0. The van der Waals surface area contributed by atoms with Gasteiger partial charge >= 0.3 is 0 Å². The maximum absolute atomic E-state index is 2.59. The van der Waals surface area contributed by atoms with Crippen molar-refractivity contribution in [1.29, 1.82) is 0 Å². The molecule has 0 spiro atoms. The molecule has 2 fully saturated rings. The summed E-state index contributed by atoms with van der Waals surface area (Å²) in [4.78, 5) is 2.59. The highest BCUT2D eigenvalue weighted by atomic mass is 15.1. The molecule has 0 amide bonds. The van der Waals surface area contributed by atoms with E-state index in [0.29, 0.717) is 0 Å². The number of piperidine rings is 1. The maximum atomic E-state index is 2.59. The van der Waals surface area contributed by atoms with Gasteiger partial charge in [0.25, 0.3) is 0 Å². The Morgan fingerprint density at radius 2 is 2.00 bits per heavy atom. The first-order valence-corrected chi connectivity index (χ1v) is 4.99. The van der Waals surface area contributed by atoms with Crippen LogP contribution in [0.5, 0.6) is 0 Å². The van der Waals surface area contributed by atoms with E-state index in [9.17, 15) is 0 Å². The third kappa shape index (κ3) is 1.20. The molecule has 64 valence electrons. The smallest absolute Gasteiger partial charge is 0.0146 e. The van der Waals surface area contributed by atoms with E-state index in [4.69, 9.17) is 0 Å². The van der Waals surface area contributed by atoms with Crippen molar-refractivity contribution in [2.45, 2.75) is 38.6 Å². The van der Waals surface area contributed by atoms with Crippen molar-refractivity contribution in [3.63, 3.8) is 0 Å².